The summed E-state index contributed by atoms with van der Waals surface area (Å²) in [5, 5.41) is 7.55. The number of benzene rings is 1. The molecule has 0 bridgehead atoms. The van der Waals surface area contributed by atoms with Gasteiger partial charge in [-0.25, -0.2) is 4.79 Å². The number of nitrogens with zero attached hydrogens (tertiary/aromatic N) is 1. The quantitative estimate of drug-likeness (QED) is 0.686. The number of amides is 1. The van der Waals surface area contributed by atoms with Crippen molar-refractivity contribution in [1.82, 2.24) is 10.5 Å². The van der Waals surface area contributed by atoms with E-state index in [0.29, 0.717) is 27.1 Å². The van der Waals surface area contributed by atoms with Crippen molar-refractivity contribution >= 4 is 35.1 Å². The third-order valence-corrected chi connectivity index (χ3v) is 4.62. The number of ether oxygens (including phenoxy) is 1. The lowest BCUT2D eigenvalue weighted by Crippen LogP contribution is -2.37. The molecule has 6 nitrogen and oxygen atoms in total. The Labute approximate surface area is 168 Å². The van der Waals surface area contributed by atoms with Gasteiger partial charge in [0.25, 0.3) is 5.91 Å². The molecule has 0 aliphatic heterocycles. The van der Waals surface area contributed by atoms with Gasteiger partial charge in [0.05, 0.1) is 11.7 Å². The van der Waals surface area contributed by atoms with E-state index in [4.69, 9.17) is 32.5 Å². The number of halogens is 2. The van der Waals surface area contributed by atoms with Crippen LogP contribution in [0.4, 0.5) is 0 Å². The SMILES string of the molecule is Cc1noc(C(C)C)c1C(=O)O[C@H](C)C(=O)N[C@@H](C)c1ccc(Cl)cc1Cl. The molecule has 1 aromatic carbocycles. The van der Waals surface area contributed by atoms with Crippen LogP contribution < -0.4 is 5.32 Å². The molecule has 1 aromatic heterocycles. The number of carbonyl (C=O) groups is 2. The van der Waals surface area contributed by atoms with E-state index in [0.717, 1.165) is 0 Å². The van der Waals surface area contributed by atoms with Crippen LogP contribution in [0, 0.1) is 6.92 Å². The number of carbonyl (C=O) groups excluding carboxylic acids is 2. The molecule has 146 valence electrons. The van der Waals surface area contributed by atoms with Crippen LogP contribution in [0.25, 0.3) is 0 Å². The van der Waals surface area contributed by atoms with Crippen molar-refractivity contribution in [2.24, 2.45) is 0 Å². The molecule has 0 saturated heterocycles. The minimum Gasteiger partial charge on any atom is -0.449 e. The highest BCUT2D eigenvalue weighted by Gasteiger charge is 2.27. The molecule has 0 spiro atoms. The van der Waals surface area contributed by atoms with Gasteiger partial charge in [-0.15, -0.1) is 0 Å². The molecule has 0 aliphatic rings. The summed E-state index contributed by atoms with van der Waals surface area (Å²) >= 11 is 12.1. The third-order valence-electron chi connectivity index (χ3n) is 4.06. The molecule has 0 saturated carbocycles. The van der Waals surface area contributed by atoms with Crippen molar-refractivity contribution in [2.45, 2.75) is 52.7 Å². The van der Waals surface area contributed by atoms with Gasteiger partial charge in [-0.1, -0.05) is 48.3 Å². The maximum atomic E-state index is 12.5. The fraction of sp³-hybridized carbons (Fsp3) is 0.421. The number of aryl methyl sites for hydroxylation is 1. The fourth-order valence-electron chi connectivity index (χ4n) is 2.56. The molecule has 8 heteroatoms. The summed E-state index contributed by atoms with van der Waals surface area (Å²) in [7, 11) is 0. The first-order valence-corrected chi connectivity index (χ1v) is 9.29. The topological polar surface area (TPSA) is 81.4 Å². The minimum atomic E-state index is -1.000. The molecule has 0 unspecified atom stereocenters. The first-order valence-electron chi connectivity index (χ1n) is 8.54. The van der Waals surface area contributed by atoms with Gasteiger partial charge in [-0.2, -0.15) is 0 Å². The van der Waals surface area contributed by atoms with E-state index < -0.39 is 18.0 Å². The zero-order chi connectivity index (χ0) is 20.3. The lowest BCUT2D eigenvalue weighted by atomic mass is 10.1. The molecule has 1 heterocycles. The average Bonchev–Trinajstić information content (AvgIpc) is 2.96. The van der Waals surface area contributed by atoms with Gasteiger partial charge in [-0.05, 0) is 38.5 Å². The van der Waals surface area contributed by atoms with Gasteiger partial charge in [-0.3, -0.25) is 4.79 Å². The standard InChI is InChI=1S/C19H22Cl2N2O4/c1-9(2)17-16(11(4)23-27-17)19(25)26-12(5)18(24)22-10(3)14-7-6-13(20)8-15(14)21/h6-10,12H,1-5H3,(H,22,24)/t10-,12+/m0/s1. The van der Waals surface area contributed by atoms with Crippen molar-refractivity contribution < 1.29 is 18.8 Å². The van der Waals surface area contributed by atoms with E-state index in [1.54, 1.807) is 32.0 Å². The van der Waals surface area contributed by atoms with Crippen LogP contribution in [0.5, 0.6) is 0 Å². The Hall–Kier alpha value is -2.05. The van der Waals surface area contributed by atoms with Crippen molar-refractivity contribution in [2.75, 3.05) is 0 Å². The van der Waals surface area contributed by atoms with Crippen LogP contribution in [0.2, 0.25) is 10.0 Å². The number of hydrogen-bond donors (Lipinski definition) is 1. The molecule has 2 aromatic rings. The normalized spacial score (nSPS) is 13.3. The maximum absolute atomic E-state index is 12.5. The Morgan fingerprint density at radius 1 is 1.19 bits per heavy atom. The van der Waals surface area contributed by atoms with Gasteiger partial charge in [0.2, 0.25) is 0 Å². The van der Waals surface area contributed by atoms with Crippen LogP contribution in [0.3, 0.4) is 0 Å². The summed E-state index contributed by atoms with van der Waals surface area (Å²) in [6, 6.07) is 4.65. The third kappa shape index (κ3) is 5.02. The summed E-state index contributed by atoms with van der Waals surface area (Å²) in [6.07, 6.45) is -1.000. The summed E-state index contributed by atoms with van der Waals surface area (Å²) in [6.45, 7) is 8.69. The lowest BCUT2D eigenvalue weighted by Gasteiger charge is -2.19. The summed E-state index contributed by atoms with van der Waals surface area (Å²) < 4.78 is 10.5. The van der Waals surface area contributed by atoms with E-state index in [1.807, 2.05) is 13.8 Å². The fourth-order valence-corrected chi connectivity index (χ4v) is 3.14. The summed E-state index contributed by atoms with van der Waals surface area (Å²) in [4.78, 5) is 24.9. The molecule has 0 aliphatic carbocycles. The monoisotopic (exact) mass is 412 g/mol. The zero-order valence-electron chi connectivity index (χ0n) is 15.8. The highest BCUT2D eigenvalue weighted by atomic mass is 35.5. The number of hydrogen-bond acceptors (Lipinski definition) is 5. The second-order valence-corrected chi connectivity index (χ2v) is 7.45. The first kappa shape index (κ1) is 21.3. The van der Waals surface area contributed by atoms with E-state index in [2.05, 4.69) is 10.5 Å². The van der Waals surface area contributed by atoms with Crippen molar-refractivity contribution in [1.29, 1.82) is 0 Å². The molecular formula is C19H22Cl2N2O4. The number of esters is 1. The van der Waals surface area contributed by atoms with Crippen molar-refractivity contribution in [3.05, 3.63) is 50.8 Å². The Bertz CT molecular complexity index is 848. The van der Waals surface area contributed by atoms with Gasteiger partial charge in [0, 0.05) is 16.0 Å². The molecule has 1 amide bonds. The van der Waals surface area contributed by atoms with Crippen LogP contribution in [-0.4, -0.2) is 23.1 Å². The molecule has 0 radical (unpaired) electrons. The van der Waals surface area contributed by atoms with Crippen LogP contribution in [-0.2, 0) is 9.53 Å². The Morgan fingerprint density at radius 3 is 2.44 bits per heavy atom. The Kier molecular flexibility index (Phi) is 6.89. The van der Waals surface area contributed by atoms with Crippen LogP contribution in [0.15, 0.2) is 22.7 Å². The maximum Gasteiger partial charge on any atom is 0.344 e. The minimum absolute atomic E-state index is 0.0371. The van der Waals surface area contributed by atoms with Gasteiger partial charge in [0.1, 0.15) is 5.56 Å². The predicted octanol–water partition coefficient (Wildman–Crippen LogP) is 4.84. The number of aromatic nitrogens is 1. The van der Waals surface area contributed by atoms with Gasteiger partial charge < -0.3 is 14.6 Å². The second-order valence-electron chi connectivity index (χ2n) is 6.61. The molecule has 1 N–H and O–H groups in total. The Balaban J connectivity index is 2.05. The largest absolute Gasteiger partial charge is 0.449 e. The van der Waals surface area contributed by atoms with Crippen molar-refractivity contribution in [3.63, 3.8) is 0 Å². The second kappa shape index (κ2) is 8.76. The molecular weight excluding hydrogens is 391 g/mol. The number of nitrogens with one attached hydrogen (secondary N) is 1. The molecule has 2 rings (SSSR count). The number of rotatable bonds is 6. The van der Waals surface area contributed by atoms with Gasteiger partial charge in [0.15, 0.2) is 11.9 Å². The highest BCUT2D eigenvalue weighted by molar-refractivity contribution is 6.35. The molecule has 0 fully saturated rings. The average molecular weight is 413 g/mol. The molecule has 27 heavy (non-hydrogen) atoms. The van der Waals surface area contributed by atoms with E-state index in [-0.39, 0.29) is 17.5 Å². The lowest BCUT2D eigenvalue weighted by molar-refractivity contribution is -0.129. The van der Waals surface area contributed by atoms with Gasteiger partial charge >= 0.3 is 5.97 Å². The first-order chi connectivity index (χ1) is 12.6. The van der Waals surface area contributed by atoms with E-state index in [9.17, 15) is 9.59 Å². The zero-order valence-corrected chi connectivity index (χ0v) is 17.3. The molecule has 2 atom stereocenters. The summed E-state index contributed by atoms with van der Waals surface area (Å²) in [5.41, 5.74) is 1.40. The summed E-state index contributed by atoms with van der Waals surface area (Å²) in [5.74, 6) is -0.685. The van der Waals surface area contributed by atoms with Crippen LogP contribution >= 0.6 is 23.2 Å². The smallest absolute Gasteiger partial charge is 0.344 e. The van der Waals surface area contributed by atoms with Crippen LogP contribution in [0.1, 0.15) is 67.0 Å². The predicted molar refractivity (Wildman–Crippen MR) is 103 cm³/mol. The van der Waals surface area contributed by atoms with E-state index in [1.165, 1.54) is 6.92 Å². The van der Waals surface area contributed by atoms with E-state index >= 15 is 0 Å². The van der Waals surface area contributed by atoms with Crippen molar-refractivity contribution in [3.8, 4) is 0 Å². The highest BCUT2D eigenvalue weighted by Crippen LogP contribution is 2.26. The Morgan fingerprint density at radius 2 is 1.85 bits per heavy atom.